The lowest BCUT2D eigenvalue weighted by Crippen LogP contribution is -2.14. The fraction of sp³-hybridized carbons (Fsp3) is 0.440. The van der Waals surface area contributed by atoms with Gasteiger partial charge < -0.3 is 24.1 Å². The molecule has 1 aromatic carbocycles. The van der Waals surface area contributed by atoms with Crippen LogP contribution in [0.25, 0.3) is 11.4 Å². The number of anilines is 1. The molecule has 0 fully saturated rings. The first-order valence-electron chi connectivity index (χ1n) is 11.7. The van der Waals surface area contributed by atoms with E-state index in [1.54, 1.807) is 44.8 Å². The molecular formula is C25H29N5O4S2. The van der Waals surface area contributed by atoms with E-state index in [0.29, 0.717) is 38.8 Å². The van der Waals surface area contributed by atoms with E-state index >= 15 is 0 Å². The molecule has 0 saturated heterocycles. The minimum absolute atomic E-state index is 0.147. The van der Waals surface area contributed by atoms with E-state index in [1.807, 2.05) is 11.6 Å². The van der Waals surface area contributed by atoms with Crippen LogP contribution < -0.4 is 19.5 Å². The van der Waals surface area contributed by atoms with Crippen molar-refractivity contribution in [3.05, 3.63) is 28.1 Å². The lowest BCUT2D eigenvalue weighted by atomic mass is 9.97. The van der Waals surface area contributed by atoms with Gasteiger partial charge in [0.2, 0.25) is 11.7 Å². The number of aryl methyl sites for hydroxylation is 1. The van der Waals surface area contributed by atoms with Gasteiger partial charge in [0.05, 0.1) is 32.6 Å². The maximum Gasteiger partial charge on any atom is 0.235 e. The number of fused-ring (bicyclic) bond motifs is 1. The first-order chi connectivity index (χ1) is 17.5. The Morgan fingerprint density at radius 2 is 1.81 bits per heavy atom. The Labute approximate surface area is 218 Å². The number of nitriles is 1. The number of thioether (sulfide) groups is 1. The largest absolute Gasteiger partial charge is 0.493 e. The lowest BCUT2D eigenvalue weighted by Gasteiger charge is -2.14. The van der Waals surface area contributed by atoms with E-state index in [9.17, 15) is 10.1 Å². The summed E-state index contributed by atoms with van der Waals surface area (Å²) in [6, 6.07) is 5.93. The van der Waals surface area contributed by atoms with Crippen LogP contribution in [0.2, 0.25) is 0 Å². The van der Waals surface area contributed by atoms with Crippen molar-refractivity contribution in [2.75, 3.05) is 32.4 Å². The molecular weight excluding hydrogens is 498 g/mol. The van der Waals surface area contributed by atoms with Crippen molar-refractivity contribution < 1.29 is 19.0 Å². The molecule has 1 N–H and O–H groups in total. The lowest BCUT2D eigenvalue weighted by molar-refractivity contribution is -0.113. The molecule has 0 bridgehead atoms. The Kier molecular flexibility index (Phi) is 8.38. The Morgan fingerprint density at radius 1 is 1.11 bits per heavy atom. The number of aromatic nitrogens is 3. The third-order valence-corrected chi connectivity index (χ3v) is 8.35. The normalized spacial score (nSPS) is 13.2. The number of hydrogen-bond donors (Lipinski definition) is 1. The zero-order valence-electron chi connectivity index (χ0n) is 20.8. The molecule has 0 spiro atoms. The monoisotopic (exact) mass is 527 g/mol. The predicted octanol–water partition coefficient (Wildman–Crippen LogP) is 4.83. The van der Waals surface area contributed by atoms with Crippen molar-refractivity contribution >= 4 is 34.0 Å². The van der Waals surface area contributed by atoms with Crippen LogP contribution >= 0.6 is 23.1 Å². The van der Waals surface area contributed by atoms with Gasteiger partial charge in [0.1, 0.15) is 11.1 Å². The molecule has 4 rings (SSSR count). The quantitative estimate of drug-likeness (QED) is 0.415. The molecule has 2 aromatic heterocycles. The van der Waals surface area contributed by atoms with Crippen LogP contribution in [0.1, 0.15) is 41.7 Å². The number of thiophene rings is 1. The molecule has 9 nitrogen and oxygen atoms in total. The molecule has 0 atom stereocenters. The fourth-order valence-electron chi connectivity index (χ4n) is 4.32. The maximum absolute atomic E-state index is 12.8. The number of carbonyl (C=O) groups is 1. The Balaban J connectivity index is 1.48. The summed E-state index contributed by atoms with van der Waals surface area (Å²) >= 11 is 2.83. The van der Waals surface area contributed by atoms with Gasteiger partial charge in [0, 0.05) is 17.5 Å². The van der Waals surface area contributed by atoms with Gasteiger partial charge in [-0.25, -0.2) is 0 Å². The highest BCUT2D eigenvalue weighted by Gasteiger charge is 2.22. The number of nitrogens with one attached hydrogen (secondary N) is 1. The van der Waals surface area contributed by atoms with E-state index in [1.165, 1.54) is 29.5 Å². The summed E-state index contributed by atoms with van der Waals surface area (Å²) in [5, 5.41) is 22.5. The Hall–Kier alpha value is -3.23. The number of benzene rings is 1. The molecule has 1 aliphatic carbocycles. The summed E-state index contributed by atoms with van der Waals surface area (Å²) in [5.41, 5.74) is 2.48. The first kappa shape index (κ1) is 25.9. The molecule has 190 valence electrons. The minimum Gasteiger partial charge on any atom is -0.493 e. The fourth-order valence-corrected chi connectivity index (χ4v) is 6.29. The third-order valence-electron chi connectivity index (χ3n) is 6.13. The SMILES string of the molecule is COc1cc(-c2nnc(SCC(=O)Nc3sc4c(c3C#N)CCCCCC4)n2C)cc(OC)c1OC. The second-order valence-corrected chi connectivity index (χ2v) is 10.4. The Bertz CT molecular complexity index is 1270. The van der Waals surface area contributed by atoms with Crippen molar-refractivity contribution in [1.29, 1.82) is 5.26 Å². The minimum atomic E-state index is -0.178. The molecule has 0 aliphatic heterocycles. The van der Waals surface area contributed by atoms with Crippen LogP contribution in [0, 0.1) is 11.3 Å². The standard InChI is InChI=1S/C25H29N5O4S2/c1-30-23(15-11-18(32-2)22(34-4)19(12-15)33-3)28-29-25(30)35-14-21(31)27-24-17(13-26)16-9-7-5-6-8-10-20(16)36-24/h11-12H,5-10,14H2,1-4H3,(H,27,31). The predicted molar refractivity (Wildman–Crippen MR) is 140 cm³/mol. The third kappa shape index (κ3) is 5.29. The van der Waals surface area contributed by atoms with Crippen LogP contribution in [0.15, 0.2) is 17.3 Å². The molecule has 1 amide bonds. The number of amides is 1. The highest BCUT2D eigenvalue weighted by molar-refractivity contribution is 7.99. The van der Waals surface area contributed by atoms with E-state index in [0.717, 1.165) is 36.8 Å². The van der Waals surface area contributed by atoms with Crippen LogP contribution in [0.3, 0.4) is 0 Å². The second-order valence-electron chi connectivity index (χ2n) is 8.35. The van der Waals surface area contributed by atoms with Crippen molar-refractivity contribution in [2.24, 2.45) is 7.05 Å². The molecule has 0 unspecified atom stereocenters. The van der Waals surface area contributed by atoms with E-state index < -0.39 is 0 Å². The topological polar surface area (TPSA) is 111 Å². The van der Waals surface area contributed by atoms with Crippen molar-refractivity contribution in [3.63, 3.8) is 0 Å². The van der Waals surface area contributed by atoms with Gasteiger partial charge in [0.15, 0.2) is 22.5 Å². The van der Waals surface area contributed by atoms with Crippen molar-refractivity contribution in [3.8, 4) is 34.7 Å². The van der Waals surface area contributed by atoms with Crippen LogP contribution in [0.4, 0.5) is 5.00 Å². The van der Waals surface area contributed by atoms with Gasteiger partial charge in [-0.15, -0.1) is 21.5 Å². The molecule has 0 saturated carbocycles. The number of hydrogen-bond acceptors (Lipinski definition) is 9. The summed E-state index contributed by atoms with van der Waals surface area (Å²) in [5.74, 6) is 2.10. The molecule has 3 aromatic rings. The number of rotatable bonds is 8. The number of carbonyl (C=O) groups excluding carboxylic acids is 1. The van der Waals surface area contributed by atoms with Crippen LogP contribution in [-0.4, -0.2) is 47.8 Å². The summed E-state index contributed by atoms with van der Waals surface area (Å²) < 4.78 is 18.1. The number of ether oxygens (including phenoxy) is 3. The van der Waals surface area contributed by atoms with Gasteiger partial charge >= 0.3 is 0 Å². The molecule has 1 aliphatic rings. The molecule has 2 heterocycles. The van der Waals surface area contributed by atoms with E-state index in [4.69, 9.17) is 14.2 Å². The average Bonchev–Trinajstić information content (AvgIpc) is 3.40. The number of methoxy groups -OCH3 is 3. The van der Waals surface area contributed by atoms with Gasteiger partial charge in [-0.05, 0) is 43.4 Å². The summed E-state index contributed by atoms with van der Waals surface area (Å²) in [4.78, 5) is 14.0. The molecule has 36 heavy (non-hydrogen) atoms. The van der Waals surface area contributed by atoms with Crippen LogP contribution in [-0.2, 0) is 24.7 Å². The van der Waals surface area contributed by atoms with Crippen LogP contribution in [0.5, 0.6) is 17.2 Å². The smallest absolute Gasteiger partial charge is 0.235 e. The maximum atomic E-state index is 12.8. The average molecular weight is 528 g/mol. The van der Waals surface area contributed by atoms with E-state index in [2.05, 4.69) is 21.6 Å². The summed E-state index contributed by atoms with van der Waals surface area (Å²) in [6.07, 6.45) is 6.50. The Morgan fingerprint density at radius 3 is 2.44 bits per heavy atom. The van der Waals surface area contributed by atoms with Crippen molar-refractivity contribution in [2.45, 2.75) is 43.7 Å². The summed E-state index contributed by atoms with van der Waals surface area (Å²) in [6.45, 7) is 0. The van der Waals surface area contributed by atoms with Gasteiger partial charge in [-0.3, -0.25) is 4.79 Å². The zero-order valence-corrected chi connectivity index (χ0v) is 22.5. The van der Waals surface area contributed by atoms with Gasteiger partial charge in [-0.2, -0.15) is 5.26 Å². The highest BCUT2D eigenvalue weighted by Crippen LogP contribution is 2.41. The van der Waals surface area contributed by atoms with E-state index in [-0.39, 0.29) is 11.7 Å². The first-order valence-corrected chi connectivity index (χ1v) is 13.5. The van der Waals surface area contributed by atoms with Gasteiger partial charge in [0.25, 0.3) is 0 Å². The number of nitrogens with zero attached hydrogens (tertiary/aromatic N) is 4. The zero-order chi connectivity index (χ0) is 25.7. The molecule has 11 heteroatoms. The second kappa shape index (κ2) is 11.7. The van der Waals surface area contributed by atoms with Gasteiger partial charge in [-0.1, -0.05) is 24.6 Å². The highest BCUT2D eigenvalue weighted by atomic mass is 32.2. The summed E-state index contributed by atoms with van der Waals surface area (Å²) in [7, 11) is 6.51. The molecule has 0 radical (unpaired) electrons. The van der Waals surface area contributed by atoms with Crippen molar-refractivity contribution in [1.82, 2.24) is 14.8 Å².